The average Bonchev–Trinajstić information content (AvgIpc) is 2.56. The average molecular weight is 391 g/mol. The van der Waals surface area contributed by atoms with Crippen LogP contribution in [0.5, 0.6) is 0 Å². The van der Waals surface area contributed by atoms with Crippen molar-refractivity contribution in [3.63, 3.8) is 0 Å². The maximum Gasteiger partial charge on any atom is 0.271 e. The molecule has 0 fully saturated rings. The first kappa shape index (κ1) is 20.4. The third-order valence-electron chi connectivity index (χ3n) is 4.02. The number of benzene rings is 2. The van der Waals surface area contributed by atoms with Crippen molar-refractivity contribution >= 4 is 33.0 Å². The van der Waals surface area contributed by atoms with Crippen molar-refractivity contribution < 1.29 is 18.1 Å². The summed E-state index contributed by atoms with van der Waals surface area (Å²) in [4.78, 5) is 23.1. The van der Waals surface area contributed by atoms with Crippen molar-refractivity contribution in [2.75, 3.05) is 15.9 Å². The van der Waals surface area contributed by atoms with Crippen LogP contribution in [0, 0.1) is 24.0 Å². The Labute approximate surface area is 158 Å². The number of nitrogens with zero attached hydrogens (tertiary/aromatic N) is 2. The summed E-state index contributed by atoms with van der Waals surface area (Å²) in [6.07, 6.45) is 0.951. The number of aryl methyl sites for hydroxylation is 2. The number of nitro benzene ring substituents is 1. The second kappa shape index (κ2) is 7.75. The zero-order chi connectivity index (χ0) is 20.4. The van der Waals surface area contributed by atoms with Gasteiger partial charge in [0.05, 0.1) is 16.9 Å². The first-order chi connectivity index (χ1) is 12.5. The monoisotopic (exact) mass is 391 g/mol. The third kappa shape index (κ3) is 4.82. The van der Waals surface area contributed by atoms with Gasteiger partial charge in [-0.15, -0.1) is 0 Å². The number of carbonyl (C=O) groups is 1. The number of nitro groups is 1. The number of hydrogen-bond donors (Lipinski definition) is 1. The summed E-state index contributed by atoms with van der Waals surface area (Å²) in [6.45, 7) is 5.19. The first-order valence-corrected chi connectivity index (χ1v) is 9.97. The van der Waals surface area contributed by atoms with Gasteiger partial charge >= 0.3 is 0 Å². The van der Waals surface area contributed by atoms with E-state index in [4.69, 9.17) is 0 Å². The Kier molecular flexibility index (Phi) is 5.85. The third-order valence-corrected chi connectivity index (χ3v) is 5.26. The minimum atomic E-state index is -3.86. The van der Waals surface area contributed by atoms with E-state index in [-0.39, 0.29) is 11.4 Å². The van der Waals surface area contributed by atoms with Crippen LogP contribution in [-0.4, -0.2) is 31.5 Å². The standard InChI is InChI=1S/C18H21N3O5S/c1-12-8-9-17(13(2)10-12)19-18(22)14(3)20(27(4,25)26)15-6-5-7-16(11-15)21(23)24/h5-11,14H,1-4H3,(H,19,22)/t14-/m1/s1. The zero-order valence-corrected chi connectivity index (χ0v) is 16.3. The number of anilines is 2. The van der Waals surface area contributed by atoms with Gasteiger partial charge in [0.2, 0.25) is 15.9 Å². The van der Waals surface area contributed by atoms with Crippen LogP contribution >= 0.6 is 0 Å². The van der Waals surface area contributed by atoms with Gasteiger partial charge in [0.1, 0.15) is 6.04 Å². The van der Waals surface area contributed by atoms with Crippen LogP contribution in [0.3, 0.4) is 0 Å². The molecule has 1 atom stereocenters. The lowest BCUT2D eigenvalue weighted by molar-refractivity contribution is -0.384. The zero-order valence-electron chi connectivity index (χ0n) is 15.5. The molecule has 0 aliphatic heterocycles. The molecule has 1 N–H and O–H groups in total. The Morgan fingerprint density at radius 1 is 1.19 bits per heavy atom. The Morgan fingerprint density at radius 3 is 2.41 bits per heavy atom. The second-order valence-corrected chi connectivity index (χ2v) is 8.18. The predicted octanol–water partition coefficient (Wildman–Crippen LogP) is 3.00. The fourth-order valence-electron chi connectivity index (χ4n) is 2.74. The molecule has 2 rings (SSSR count). The summed E-state index contributed by atoms with van der Waals surface area (Å²) in [5.41, 5.74) is 2.24. The summed E-state index contributed by atoms with van der Waals surface area (Å²) in [6, 6.07) is 9.54. The summed E-state index contributed by atoms with van der Waals surface area (Å²) in [5, 5.41) is 13.7. The summed E-state index contributed by atoms with van der Waals surface area (Å²) < 4.78 is 25.5. The van der Waals surface area contributed by atoms with Crippen LogP contribution in [0.1, 0.15) is 18.1 Å². The molecule has 0 aliphatic carbocycles. The predicted molar refractivity (Wildman–Crippen MR) is 104 cm³/mol. The quantitative estimate of drug-likeness (QED) is 0.601. The molecule has 8 nitrogen and oxygen atoms in total. The number of nitrogens with one attached hydrogen (secondary N) is 1. The largest absolute Gasteiger partial charge is 0.324 e. The smallest absolute Gasteiger partial charge is 0.271 e. The van der Waals surface area contributed by atoms with Gasteiger partial charge in [0, 0.05) is 17.8 Å². The van der Waals surface area contributed by atoms with Gasteiger partial charge < -0.3 is 5.32 Å². The molecule has 0 saturated carbocycles. The van der Waals surface area contributed by atoms with Crippen molar-refractivity contribution in [2.45, 2.75) is 26.8 Å². The SMILES string of the molecule is Cc1ccc(NC(=O)[C@@H](C)N(c2cccc([N+](=O)[O-])c2)S(C)(=O)=O)c(C)c1. The fraction of sp³-hybridized carbons (Fsp3) is 0.278. The van der Waals surface area contributed by atoms with Crippen molar-refractivity contribution in [2.24, 2.45) is 0 Å². The molecule has 0 heterocycles. The number of non-ortho nitro benzene ring substituents is 1. The topological polar surface area (TPSA) is 110 Å². The van der Waals surface area contributed by atoms with E-state index in [1.165, 1.54) is 25.1 Å². The minimum absolute atomic E-state index is 0.0509. The molecule has 0 aromatic heterocycles. The molecule has 0 radical (unpaired) electrons. The molecule has 2 aromatic carbocycles. The van der Waals surface area contributed by atoms with Gasteiger partial charge in [0.25, 0.3) is 5.69 Å². The van der Waals surface area contributed by atoms with Crippen molar-refractivity contribution in [3.8, 4) is 0 Å². The highest BCUT2D eigenvalue weighted by Gasteiger charge is 2.30. The summed E-state index contributed by atoms with van der Waals surface area (Å²) >= 11 is 0. The van der Waals surface area contributed by atoms with E-state index >= 15 is 0 Å². The molecule has 0 bridgehead atoms. The van der Waals surface area contributed by atoms with Crippen LogP contribution in [0.25, 0.3) is 0 Å². The lowest BCUT2D eigenvalue weighted by atomic mass is 10.1. The van der Waals surface area contributed by atoms with E-state index in [0.29, 0.717) is 5.69 Å². The highest BCUT2D eigenvalue weighted by Crippen LogP contribution is 2.26. The van der Waals surface area contributed by atoms with Crippen LogP contribution in [0.15, 0.2) is 42.5 Å². The van der Waals surface area contributed by atoms with E-state index in [9.17, 15) is 23.3 Å². The van der Waals surface area contributed by atoms with Crippen molar-refractivity contribution in [1.82, 2.24) is 0 Å². The Balaban J connectivity index is 2.38. The van der Waals surface area contributed by atoms with Crippen LogP contribution in [0.4, 0.5) is 17.1 Å². The summed E-state index contributed by atoms with van der Waals surface area (Å²) in [7, 11) is -3.86. The maximum absolute atomic E-state index is 12.7. The van der Waals surface area contributed by atoms with Gasteiger partial charge in [-0.25, -0.2) is 8.42 Å². The number of carbonyl (C=O) groups excluding carboxylic acids is 1. The van der Waals surface area contributed by atoms with Gasteiger partial charge in [-0.05, 0) is 38.5 Å². The van der Waals surface area contributed by atoms with E-state index < -0.39 is 26.9 Å². The second-order valence-electron chi connectivity index (χ2n) is 6.32. The maximum atomic E-state index is 12.7. The molecular formula is C18H21N3O5S. The lowest BCUT2D eigenvalue weighted by Crippen LogP contribution is -2.45. The highest BCUT2D eigenvalue weighted by atomic mass is 32.2. The van der Waals surface area contributed by atoms with Gasteiger partial charge in [-0.3, -0.25) is 19.2 Å². The van der Waals surface area contributed by atoms with Crippen molar-refractivity contribution in [3.05, 3.63) is 63.7 Å². The molecule has 0 aliphatic rings. The number of hydrogen-bond acceptors (Lipinski definition) is 5. The lowest BCUT2D eigenvalue weighted by Gasteiger charge is -2.28. The fourth-order valence-corrected chi connectivity index (χ4v) is 3.91. The molecule has 0 saturated heterocycles. The summed E-state index contributed by atoms with van der Waals surface area (Å²) in [5.74, 6) is -0.543. The first-order valence-electron chi connectivity index (χ1n) is 8.12. The Hall–Kier alpha value is -2.94. The molecule has 0 spiro atoms. The van der Waals surface area contributed by atoms with E-state index in [0.717, 1.165) is 27.8 Å². The van der Waals surface area contributed by atoms with Gasteiger partial charge in [-0.2, -0.15) is 0 Å². The van der Waals surface area contributed by atoms with E-state index in [1.807, 2.05) is 26.0 Å². The van der Waals surface area contributed by atoms with Crippen LogP contribution < -0.4 is 9.62 Å². The van der Waals surface area contributed by atoms with E-state index in [1.54, 1.807) is 6.07 Å². The molecular weight excluding hydrogens is 370 g/mol. The Bertz CT molecular complexity index is 988. The molecule has 27 heavy (non-hydrogen) atoms. The minimum Gasteiger partial charge on any atom is -0.324 e. The normalized spacial score (nSPS) is 12.3. The Morgan fingerprint density at radius 2 is 1.85 bits per heavy atom. The van der Waals surface area contributed by atoms with Crippen molar-refractivity contribution in [1.29, 1.82) is 0 Å². The van der Waals surface area contributed by atoms with Crippen LogP contribution in [0.2, 0.25) is 0 Å². The number of sulfonamides is 1. The van der Waals surface area contributed by atoms with E-state index in [2.05, 4.69) is 5.32 Å². The number of amides is 1. The molecule has 9 heteroatoms. The highest BCUT2D eigenvalue weighted by molar-refractivity contribution is 7.92. The molecule has 2 aromatic rings. The van der Waals surface area contributed by atoms with Crippen LogP contribution in [-0.2, 0) is 14.8 Å². The molecule has 0 unspecified atom stereocenters. The number of rotatable bonds is 6. The van der Waals surface area contributed by atoms with Gasteiger partial charge in [0.15, 0.2) is 0 Å². The van der Waals surface area contributed by atoms with Gasteiger partial charge in [-0.1, -0.05) is 23.8 Å². The molecule has 144 valence electrons. The molecule has 1 amide bonds.